The van der Waals surface area contributed by atoms with Gasteiger partial charge in [-0.3, -0.25) is 0 Å². The first-order valence-electron chi connectivity index (χ1n) is 6.86. The van der Waals surface area contributed by atoms with E-state index in [1.807, 2.05) is 19.1 Å². The molecule has 0 aliphatic heterocycles. The van der Waals surface area contributed by atoms with Crippen molar-refractivity contribution in [1.82, 2.24) is 4.98 Å². The second kappa shape index (κ2) is 5.94. The van der Waals surface area contributed by atoms with E-state index >= 15 is 0 Å². The Hall–Kier alpha value is -1.45. The van der Waals surface area contributed by atoms with Gasteiger partial charge in [-0.1, -0.05) is 19.8 Å². The van der Waals surface area contributed by atoms with Gasteiger partial charge in [-0.05, 0) is 37.8 Å². The molecule has 0 bridgehead atoms. The molecular formula is C14H23N3O. The topological polar surface area (TPSA) is 60.2 Å². The maximum absolute atomic E-state index is 5.82. The lowest BCUT2D eigenvalue weighted by Gasteiger charge is -2.30. The van der Waals surface area contributed by atoms with Crippen LogP contribution in [0.25, 0.3) is 0 Å². The van der Waals surface area contributed by atoms with Gasteiger partial charge in [0.25, 0.3) is 0 Å². The predicted molar refractivity (Wildman–Crippen MR) is 74.9 cm³/mol. The number of anilines is 2. The molecule has 0 saturated heterocycles. The van der Waals surface area contributed by atoms with Crippen molar-refractivity contribution in [3.63, 3.8) is 0 Å². The van der Waals surface area contributed by atoms with E-state index in [9.17, 15) is 0 Å². The zero-order valence-electron chi connectivity index (χ0n) is 11.3. The van der Waals surface area contributed by atoms with Gasteiger partial charge in [-0.25, -0.2) is 0 Å². The molecule has 0 amide bonds. The summed E-state index contributed by atoms with van der Waals surface area (Å²) >= 11 is 0. The van der Waals surface area contributed by atoms with Crippen LogP contribution in [0, 0.1) is 5.92 Å². The van der Waals surface area contributed by atoms with E-state index in [1.165, 1.54) is 25.7 Å². The third-order valence-electron chi connectivity index (χ3n) is 3.62. The van der Waals surface area contributed by atoms with Crippen LogP contribution in [0.15, 0.2) is 12.1 Å². The fourth-order valence-corrected chi connectivity index (χ4v) is 2.50. The molecule has 1 fully saturated rings. The number of aromatic nitrogens is 1. The number of nitrogens with zero attached hydrogens (tertiary/aromatic N) is 1. The van der Waals surface area contributed by atoms with Gasteiger partial charge >= 0.3 is 0 Å². The molecule has 18 heavy (non-hydrogen) atoms. The Labute approximate surface area is 109 Å². The quantitative estimate of drug-likeness (QED) is 0.861. The molecule has 3 N–H and O–H groups in total. The first kappa shape index (κ1) is 13.0. The molecule has 4 nitrogen and oxygen atoms in total. The lowest BCUT2D eigenvalue weighted by atomic mass is 9.86. The molecule has 2 atom stereocenters. The number of ether oxygens (including phenoxy) is 1. The Kier molecular flexibility index (Phi) is 4.28. The highest BCUT2D eigenvalue weighted by Gasteiger charge is 2.21. The van der Waals surface area contributed by atoms with Crippen molar-refractivity contribution >= 4 is 11.5 Å². The van der Waals surface area contributed by atoms with Gasteiger partial charge in [0, 0.05) is 6.04 Å². The minimum absolute atomic E-state index is 0.518. The van der Waals surface area contributed by atoms with Crippen molar-refractivity contribution in [3.05, 3.63) is 12.1 Å². The monoisotopic (exact) mass is 249 g/mol. The largest absolute Gasteiger partial charge is 0.476 e. The molecule has 2 rings (SSSR count). The molecule has 0 aromatic carbocycles. The van der Waals surface area contributed by atoms with Crippen LogP contribution in [0.3, 0.4) is 0 Å². The van der Waals surface area contributed by atoms with Crippen molar-refractivity contribution in [2.45, 2.75) is 45.6 Å². The first-order chi connectivity index (χ1) is 8.70. The van der Waals surface area contributed by atoms with Gasteiger partial charge in [0.2, 0.25) is 5.88 Å². The molecule has 0 spiro atoms. The molecule has 0 radical (unpaired) electrons. The number of hydrogen-bond donors (Lipinski definition) is 2. The number of nitrogens with two attached hydrogens (primary N) is 1. The van der Waals surface area contributed by atoms with Gasteiger partial charge in [0.15, 0.2) is 0 Å². The Morgan fingerprint density at radius 1 is 1.39 bits per heavy atom. The fraction of sp³-hybridized carbons (Fsp3) is 0.643. The van der Waals surface area contributed by atoms with E-state index in [1.54, 1.807) is 0 Å². The molecule has 1 aromatic rings. The summed E-state index contributed by atoms with van der Waals surface area (Å²) in [5.74, 6) is 2.10. The summed E-state index contributed by atoms with van der Waals surface area (Å²) in [5, 5.41) is 3.51. The lowest BCUT2D eigenvalue weighted by Crippen LogP contribution is -2.30. The van der Waals surface area contributed by atoms with Crippen LogP contribution in [-0.2, 0) is 0 Å². The molecule has 1 aromatic heterocycles. The van der Waals surface area contributed by atoms with Crippen molar-refractivity contribution < 1.29 is 4.74 Å². The highest BCUT2D eigenvalue weighted by atomic mass is 16.5. The summed E-state index contributed by atoms with van der Waals surface area (Å²) in [4.78, 5) is 4.43. The Bertz CT molecular complexity index is 395. The maximum Gasteiger partial charge on any atom is 0.239 e. The van der Waals surface area contributed by atoms with E-state index in [2.05, 4.69) is 17.2 Å². The minimum Gasteiger partial charge on any atom is -0.476 e. The molecule has 2 unspecified atom stereocenters. The Morgan fingerprint density at radius 3 is 2.89 bits per heavy atom. The van der Waals surface area contributed by atoms with Gasteiger partial charge in [-0.2, -0.15) is 4.98 Å². The van der Waals surface area contributed by atoms with Crippen LogP contribution in [0.5, 0.6) is 5.88 Å². The summed E-state index contributed by atoms with van der Waals surface area (Å²) in [6.45, 7) is 4.82. The Morgan fingerprint density at radius 2 is 2.17 bits per heavy atom. The van der Waals surface area contributed by atoms with Crippen LogP contribution in [0.1, 0.15) is 39.5 Å². The van der Waals surface area contributed by atoms with Gasteiger partial charge < -0.3 is 15.8 Å². The van der Waals surface area contributed by atoms with Crippen LogP contribution < -0.4 is 15.8 Å². The van der Waals surface area contributed by atoms with E-state index < -0.39 is 0 Å². The molecule has 4 heteroatoms. The summed E-state index contributed by atoms with van der Waals surface area (Å²) in [7, 11) is 0. The highest BCUT2D eigenvalue weighted by molar-refractivity contribution is 5.53. The van der Waals surface area contributed by atoms with E-state index in [0.717, 1.165) is 5.82 Å². The van der Waals surface area contributed by atoms with E-state index in [0.29, 0.717) is 30.1 Å². The van der Waals surface area contributed by atoms with Crippen molar-refractivity contribution in [1.29, 1.82) is 0 Å². The molecule has 100 valence electrons. The van der Waals surface area contributed by atoms with Crippen molar-refractivity contribution in [2.24, 2.45) is 5.92 Å². The fourth-order valence-electron chi connectivity index (χ4n) is 2.50. The predicted octanol–water partition coefficient (Wildman–Crippen LogP) is 3.05. The highest BCUT2D eigenvalue weighted by Crippen LogP contribution is 2.28. The second-order valence-corrected chi connectivity index (χ2v) is 5.04. The Balaban J connectivity index is 2.06. The molecule has 1 aliphatic carbocycles. The smallest absolute Gasteiger partial charge is 0.239 e. The summed E-state index contributed by atoms with van der Waals surface area (Å²) in [6, 6.07) is 4.30. The minimum atomic E-state index is 0.518. The number of hydrogen-bond acceptors (Lipinski definition) is 4. The third kappa shape index (κ3) is 3.06. The van der Waals surface area contributed by atoms with Crippen LogP contribution in [0.2, 0.25) is 0 Å². The molecule has 1 aliphatic rings. The SMILES string of the molecule is CCOc1nc(NC2CCCCC2C)ccc1N. The normalized spacial score (nSPS) is 23.7. The number of pyridine rings is 1. The van der Waals surface area contributed by atoms with Crippen molar-refractivity contribution in [3.8, 4) is 5.88 Å². The summed E-state index contributed by atoms with van der Waals surface area (Å²) < 4.78 is 5.42. The van der Waals surface area contributed by atoms with E-state index in [4.69, 9.17) is 10.5 Å². The molecule has 1 heterocycles. The zero-order chi connectivity index (χ0) is 13.0. The summed E-state index contributed by atoms with van der Waals surface area (Å²) in [5.41, 5.74) is 6.42. The number of nitrogens with one attached hydrogen (secondary N) is 1. The molecular weight excluding hydrogens is 226 g/mol. The van der Waals surface area contributed by atoms with Gasteiger partial charge in [0.05, 0.1) is 12.3 Å². The average molecular weight is 249 g/mol. The number of nitrogen functional groups attached to an aromatic ring is 1. The lowest BCUT2D eigenvalue weighted by molar-refractivity contribution is 0.327. The zero-order valence-corrected chi connectivity index (χ0v) is 11.3. The van der Waals surface area contributed by atoms with Gasteiger partial charge in [0.1, 0.15) is 5.82 Å². The van der Waals surface area contributed by atoms with Crippen LogP contribution in [0.4, 0.5) is 11.5 Å². The summed E-state index contributed by atoms with van der Waals surface area (Å²) in [6.07, 6.45) is 5.16. The maximum atomic E-state index is 5.82. The van der Waals surface area contributed by atoms with Crippen LogP contribution in [-0.4, -0.2) is 17.6 Å². The van der Waals surface area contributed by atoms with Gasteiger partial charge in [-0.15, -0.1) is 0 Å². The van der Waals surface area contributed by atoms with Crippen LogP contribution >= 0.6 is 0 Å². The number of rotatable bonds is 4. The first-order valence-corrected chi connectivity index (χ1v) is 6.86. The van der Waals surface area contributed by atoms with E-state index in [-0.39, 0.29) is 0 Å². The molecule has 1 saturated carbocycles. The second-order valence-electron chi connectivity index (χ2n) is 5.04. The average Bonchev–Trinajstić information content (AvgIpc) is 2.36. The van der Waals surface area contributed by atoms with Crippen molar-refractivity contribution in [2.75, 3.05) is 17.7 Å². The third-order valence-corrected chi connectivity index (χ3v) is 3.62. The standard InChI is InChI=1S/C14H23N3O/c1-3-18-14-11(15)8-9-13(17-14)16-12-7-5-4-6-10(12)2/h8-10,12H,3-7,15H2,1-2H3,(H,16,17).